The summed E-state index contributed by atoms with van der Waals surface area (Å²) in [5, 5.41) is 3.22. The summed E-state index contributed by atoms with van der Waals surface area (Å²) in [6.45, 7) is 6.84. The van der Waals surface area contributed by atoms with Crippen molar-refractivity contribution in [2.24, 2.45) is 5.92 Å². The predicted molar refractivity (Wildman–Crippen MR) is 69.3 cm³/mol. The number of hydrogen-bond acceptors (Lipinski definition) is 3. The molecule has 0 aliphatic heterocycles. The highest BCUT2D eigenvalue weighted by Crippen LogP contribution is 2.07. The lowest BCUT2D eigenvalue weighted by atomic mass is 9.99. The van der Waals surface area contributed by atoms with Crippen molar-refractivity contribution in [3.63, 3.8) is 0 Å². The smallest absolute Gasteiger partial charge is 0.166 e. The fourth-order valence-electron chi connectivity index (χ4n) is 1.59. The Bertz CT molecular complexity index is 324. The summed E-state index contributed by atoms with van der Waals surface area (Å²) >= 11 is 0. The van der Waals surface area contributed by atoms with E-state index in [0.717, 1.165) is 18.7 Å². The maximum atomic E-state index is 12.0. The number of nitrogens with one attached hydrogen (secondary N) is 1. The molecule has 3 nitrogen and oxygen atoms in total. The molecule has 0 bridgehead atoms. The predicted octanol–water partition coefficient (Wildman–Crippen LogP) is 2.13. The molecule has 94 valence electrons. The molecule has 0 radical (unpaired) electrons. The van der Waals surface area contributed by atoms with Gasteiger partial charge in [0.25, 0.3) is 0 Å². The molecule has 0 saturated heterocycles. The van der Waals surface area contributed by atoms with Crippen molar-refractivity contribution in [2.75, 3.05) is 26.3 Å². The normalized spacial score (nSPS) is 12.4. The zero-order valence-corrected chi connectivity index (χ0v) is 10.6. The van der Waals surface area contributed by atoms with Crippen LogP contribution in [0.1, 0.15) is 24.2 Å². The molecule has 0 saturated carbocycles. The topological polar surface area (TPSA) is 38.3 Å². The summed E-state index contributed by atoms with van der Waals surface area (Å²) < 4.78 is 5.21. The van der Waals surface area contributed by atoms with Crippen molar-refractivity contribution >= 4 is 5.78 Å². The SMILES string of the molecule is CCOCCNC[C@@H](C)C(=O)c1ccccc1. The van der Waals surface area contributed by atoms with Crippen molar-refractivity contribution in [1.82, 2.24) is 5.32 Å². The third-order valence-electron chi connectivity index (χ3n) is 2.58. The number of hydrogen-bond donors (Lipinski definition) is 1. The van der Waals surface area contributed by atoms with E-state index >= 15 is 0 Å². The van der Waals surface area contributed by atoms with Gasteiger partial charge in [-0.2, -0.15) is 0 Å². The van der Waals surface area contributed by atoms with Gasteiger partial charge < -0.3 is 10.1 Å². The van der Waals surface area contributed by atoms with Crippen LogP contribution in [0.2, 0.25) is 0 Å². The minimum atomic E-state index is -0.000901. The maximum Gasteiger partial charge on any atom is 0.166 e. The standard InChI is InChI=1S/C14H21NO2/c1-3-17-10-9-15-11-12(2)14(16)13-7-5-4-6-8-13/h4-8,12,15H,3,9-11H2,1-2H3/t12-/m1/s1. The third kappa shape index (κ3) is 5.11. The zero-order valence-electron chi connectivity index (χ0n) is 10.6. The van der Waals surface area contributed by atoms with Gasteiger partial charge in [-0.05, 0) is 6.92 Å². The van der Waals surface area contributed by atoms with E-state index in [1.54, 1.807) is 0 Å². The van der Waals surface area contributed by atoms with Gasteiger partial charge >= 0.3 is 0 Å². The van der Waals surface area contributed by atoms with Crippen LogP contribution in [0.25, 0.3) is 0 Å². The summed E-state index contributed by atoms with van der Waals surface area (Å²) in [6.07, 6.45) is 0. The molecule has 0 fully saturated rings. The molecular formula is C14H21NO2. The van der Waals surface area contributed by atoms with Crippen LogP contribution in [-0.2, 0) is 4.74 Å². The summed E-state index contributed by atoms with van der Waals surface area (Å²) in [5.74, 6) is 0.188. The average molecular weight is 235 g/mol. The fraction of sp³-hybridized carbons (Fsp3) is 0.500. The fourth-order valence-corrected chi connectivity index (χ4v) is 1.59. The van der Waals surface area contributed by atoms with Crippen LogP contribution in [0.5, 0.6) is 0 Å². The Kier molecular flexibility index (Phi) is 6.51. The summed E-state index contributed by atoms with van der Waals surface area (Å²) in [6, 6.07) is 9.42. The monoisotopic (exact) mass is 235 g/mol. The van der Waals surface area contributed by atoms with Gasteiger partial charge in [0.15, 0.2) is 5.78 Å². The third-order valence-corrected chi connectivity index (χ3v) is 2.58. The molecule has 0 heterocycles. The molecule has 0 amide bonds. The van der Waals surface area contributed by atoms with Crippen LogP contribution >= 0.6 is 0 Å². The van der Waals surface area contributed by atoms with E-state index in [1.165, 1.54) is 0 Å². The molecule has 3 heteroatoms. The Morgan fingerprint density at radius 3 is 2.71 bits per heavy atom. The molecule has 1 aromatic carbocycles. The molecular weight excluding hydrogens is 214 g/mol. The van der Waals surface area contributed by atoms with E-state index in [2.05, 4.69) is 5.32 Å². The first-order valence-electron chi connectivity index (χ1n) is 6.13. The number of Topliss-reactive ketones (excluding diaryl/α,β-unsaturated/α-hetero) is 1. The molecule has 1 atom stereocenters. The minimum absolute atomic E-state index is 0.000901. The first-order valence-corrected chi connectivity index (χ1v) is 6.13. The lowest BCUT2D eigenvalue weighted by Gasteiger charge is -2.11. The highest BCUT2D eigenvalue weighted by Gasteiger charge is 2.13. The van der Waals surface area contributed by atoms with Crippen LogP contribution < -0.4 is 5.32 Å². The van der Waals surface area contributed by atoms with Gasteiger partial charge in [-0.3, -0.25) is 4.79 Å². The molecule has 0 spiro atoms. The summed E-state index contributed by atoms with van der Waals surface area (Å²) in [7, 11) is 0. The van der Waals surface area contributed by atoms with E-state index in [1.807, 2.05) is 44.2 Å². The van der Waals surface area contributed by atoms with E-state index < -0.39 is 0 Å². The van der Waals surface area contributed by atoms with Crippen LogP contribution in [0.15, 0.2) is 30.3 Å². The first kappa shape index (κ1) is 13.9. The molecule has 1 N–H and O–H groups in total. The second-order valence-corrected chi connectivity index (χ2v) is 4.03. The number of carbonyl (C=O) groups excluding carboxylic acids is 1. The van der Waals surface area contributed by atoms with E-state index in [9.17, 15) is 4.79 Å². The van der Waals surface area contributed by atoms with Crippen LogP contribution in [-0.4, -0.2) is 32.1 Å². The second-order valence-electron chi connectivity index (χ2n) is 4.03. The number of ether oxygens (including phenoxy) is 1. The van der Waals surface area contributed by atoms with Gasteiger partial charge in [0, 0.05) is 31.2 Å². The highest BCUT2D eigenvalue weighted by atomic mass is 16.5. The number of ketones is 1. The molecule has 0 aromatic heterocycles. The molecule has 1 aromatic rings. The second kappa shape index (κ2) is 7.98. The Morgan fingerprint density at radius 2 is 2.06 bits per heavy atom. The van der Waals surface area contributed by atoms with Gasteiger partial charge in [-0.1, -0.05) is 37.3 Å². The molecule has 0 aliphatic rings. The Morgan fingerprint density at radius 1 is 1.35 bits per heavy atom. The summed E-state index contributed by atoms with van der Waals surface area (Å²) in [5.41, 5.74) is 0.784. The Hall–Kier alpha value is -1.19. The van der Waals surface area contributed by atoms with E-state index in [4.69, 9.17) is 4.74 Å². The lowest BCUT2D eigenvalue weighted by Crippen LogP contribution is -2.29. The number of rotatable bonds is 8. The first-order chi connectivity index (χ1) is 8.25. The van der Waals surface area contributed by atoms with Gasteiger partial charge in [-0.25, -0.2) is 0 Å². The van der Waals surface area contributed by atoms with Gasteiger partial charge in [0.05, 0.1) is 6.61 Å². The Labute approximate surface area is 103 Å². The van der Waals surface area contributed by atoms with E-state index in [0.29, 0.717) is 13.2 Å². The quantitative estimate of drug-likeness (QED) is 0.554. The van der Waals surface area contributed by atoms with Crippen LogP contribution in [0.3, 0.4) is 0 Å². The number of carbonyl (C=O) groups is 1. The van der Waals surface area contributed by atoms with Crippen molar-refractivity contribution in [2.45, 2.75) is 13.8 Å². The van der Waals surface area contributed by atoms with Gasteiger partial charge in [0.1, 0.15) is 0 Å². The van der Waals surface area contributed by atoms with Crippen molar-refractivity contribution in [3.05, 3.63) is 35.9 Å². The number of benzene rings is 1. The molecule has 0 unspecified atom stereocenters. The van der Waals surface area contributed by atoms with E-state index in [-0.39, 0.29) is 11.7 Å². The van der Waals surface area contributed by atoms with Crippen LogP contribution in [0, 0.1) is 5.92 Å². The molecule has 17 heavy (non-hydrogen) atoms. The van der Waals surface area contributed by atoms with Crippen molar-refractivity contribution < 1.29 is 9.53 Å². The van der Waals surface area contributed by atoms with Crippen molar-refractivity contribution in [3.8, 4) is 0 Å². The van der Waals surface area contributed by atoms with Crippen molar-refractivity contribution in [1.29, 1.82) is 0 Å². The molecule has 1 rings (SSSR count). The highest BCUT2D eigenvalue weighted by molar-refractivity contribution is 5.97. The largest absolute Gasteiger partial charge is 0.380 e. The lowest BCUT2D eigenvalue weighted by molar-refractivity contribution is 0.0925. The van der Waals surface area contributed by atoms with Crippen LogP contribution in [0.4, 0.5) is 0 Å². The van der Waals surface area contributed by atoms with Gasteiger partial charge in [-0.15, -0.1) is 0 Å². The maximum absolute atomic E-state index is 12.0. The minimum Gasteiger partial charge on any atom is -0.380 e. The zero-order chi connectivity index (χ0) is 12.5. The Balaban J connectivity index is 2.28. The average Bonchev–Trinajstić information content (AvgIpc) is 2.38. The van der Waals surface area contributed by atoms with Gasteiger partial charge in [0.2, 0.25) is 0 Å². The summed E-state index contributed by atoms with van der Waals surface area (Å²) in [4.78, 5) is 12.0. The molecule has 0 aliphatic carbocycles.